The quantitative estimate of drug-likeness (QED) is 0.805. The number of carbonyl (C=O) groups excluding carboxylic acids is 1. The molecule has 1 atom stereocenters. The molecule has 0 aromatic carbocycles. The van der Waals surface area contributed by atoms with Crippen LogP contribution in [0, 0.1) is 0 Å². The topological polar surface area (TPSA) is 82.5 Å². The van der Waals surface area contributed by atoms with Gasteiger partial charge in [-0.1, -0.05) is 6.07 Å². The zero-order chi connectivity index (χ0) is 12.3. The summed E-state index contributed by atoms with van der Waals surface area (Å²) in [5.41, 5.74) is 0. The molecule has 1 aromatic rings. The van der Waals surface area contributed by atoms with Crippen LogP contribution in [-0.2, 0) is 4.79 Å². The highest BCUT2D eigenvalue weighted by Gasteiger charge is 2.33. The van der Waals surface area contributed by atoms with Gasteiger partial charge in [0.2, 0.25) is 0 Å². The summed E-state index contributed by atoms with van der Waals surface area (Å²) < 4.78 is 0. The van der Waals surface area contributed by atoms with Gasteiger partial charge in [0.05, 0.1) is 0 Å². The van der Waals surface area contributed by atoms with Crippen molar-refractivity contribution in [2.45, 2.75) is 18.9 Å². The number of amides is 2. The number of rotatable bonds is 2. The number of aliphatic carboxylic acids is 1. The molecule has 6 nitrogen and oxygen atoms in total. The Morgan fingerprint density at radius 2 is 2.29 bits per heavy atom. The second kappa shape index (κ2) is 4.82. The molecule has 0 spiro atoms. The van der Waals surface area contributed by atoms with E-state index in [-0.39, 0.29) is 0 Å². The smallest absolute Gasteiger partial charge is 0.326 e. The van der Waals surface area contributed by atoms with Crippen LogP contribution < -0.4 is 5.32 Å². The van der Waals surface area contributed by atoms with Crippen molar-refractivity contribution < 1.29 is 14.7 Å². The maximum Gasteiger partial charge on any atom is 0.326 e. The third kappa shape index (κ3) is 2.52. The van der Waals surface area contributed by atoms with Gasteiger partial charge in [-0.25, -0.2) is 14.6 Å². The van der Waals surface area contributed by atoms with Gasteiger partial charge in [-0.15, -0.1) is 0 Å². The first kappa shape index (κ1) is 11.4. The summed E-state index contributed by atoms with van der Waals surface area (Å²) in [6, 6.07) is 4.02. The summed E-state index contributed by atoms with van der Waals surface area (Å²) in [4.78, 5) is 28.1. The average molecular weight is 235 g/mol. The van der Waals surface area contributed by atoms with E-state index in [1.165, 1.54) is 4.90 Å². The Kier molecular flexibility index (Phi) is 3.22. The Bertz CT molecular complexity index is 421. The normalized spacial score (nSPS) is 19.1. The van der Waals surface area contributed by atoms with Gasteiger partial charge in [-0.05, 0) is 25.0 Å². The Hall–Kier alpha value is -2.11. The largest absolute Gasteiger partial charge is 0.480 e. The summed E-state index contributed by atoms with van der Waals surface area (Å²) in [6.07, 6.45) is 2.78. The fourth-order valence-electron chi connectivity index (χ4n) is 1.88. The Morgan fingerprint density at radius 3 is 2.94 bits per heavy atom. The Morgan fingerprint density at radius 1 is 1.47 bits per heavy atom. The number of hydrogen-bond donors (Lipinski definition) is 2. The second-order valence-corrected chi connectivity index (χ2v) is 3.83. The van der Waals surface area contributed by atoms with Crippen LogP contribution in [0.25, 0.3) is 0 Å². The molecule has 0 aliphatic carbocycles. The van der Waals surface area contributed by atoms with E-state index < -0.39 is 18.0 Å². The number of pyridine rings is 1. The number of carboxylic acid groups (broad SMARTS) is 1. The van der Waals surface area contributed by atoms with E-state index in [1.54, 1.807) is 24.4 Å². The van der Waals surface area contributed by atoms with Gasteiger partial charge in [-0.2, -0.15) is 0 Å². The summed E-state index contributed by atoms with van der Waals surface area (Å²) in [5.74, 6) is -0.535. The van der Waals surface area contributed by atoms with Crippen LogP contribution in [0.4, 0.5) is 10.6 Å². The van der Waals surface area contributed by atoms with Crippen LogP contribution >= 0.6 is 0 Å². The molecule has 1 saturated heterocycles. The molecular formula is C11H13N3O3. The molecule has 6 heteroatoms. The molecule has 2 heterocycles. The third-order valence-corrected chi connectivity index (χ3v) is 2.70. The molecule has 2 rings (SSSR count). The van der Waals surface area contributed by atoms with Gasteiger partial charge in [0, 0.05) is 12.7 Å². The second-order valence-electron chi connectivity index (χ2n) is 3.83. The summed E-state index contributed by atoms with van der Waals surface area (Å²) in [7, 11) is 0. The van der Waals surface area contributed by atoms with Crippen LogP contribution in [0.1, 0.15) is 12.8 Å². The van der Waals surface area contributed by atoms with Crippen molar-refractivity contribution in [1.82, 2.24) is 9.88 Å². The zero-order valence-corrected chi connectivity index (χ0v) is 9.17. The minimum absolute atomic E-state index is 0.409. The van der Waals surface area contributed by atoms with E-state index in [0.717, 1.165) is 0 Å². The summed E-state index contributed by atoms with van der Waals surface area (Å²) in [5, 5.41) is 11.5. The van der Waals surface area contributed by atoms with E-state index in [1.807, 2.05) is 0 Å². The van der Waals surface area contributed by atoms with E-state index in [9.17, 15) is 9.59 Å². The van der Waals surface area contributed by atoms with E-state index in [0.29, 0.717) is 25.2 Å². The number of urea groups is 1. The minimum atomic E-state index is -0.960. The lowest BCUT2D eigenvalue weighted by molar-refractivity contribution is -0.141. The molecule has 1 aliphatic heterocycles. The first-order valence-corrected chi connectivity index (χ1v) is 5.40. The molecular weight excluding hydrogens is 222 g/mol. The number of carbonyl (C=O) groups is 2. The summed E-state index contributed by atoms with van der Waals surface area (Å²) in [6.45, 7) is 0.468. The average Bonchev–Trinajstić information content (AvgIpc) is 2.79. The van der Waals surface area contributed by atoms with Crippen molar-refractivity contribution in [2.75, 3.05) is 11.9 Å². The van der Waals surface area contributed by atoms with Crippen molar-refractivity contribution in [3.05, 3.63) is 24.4 Å². The molecule has 17 heavy (non-hydrogen) atoms. The van der Waals surface area contributed by atoms with Gasteiger partial charge >= 0.3 is 12.0 Å². The van der Waals surface area contributed by atoms with Crippen LogP contribution in [0.3, 0.4) is 0 Å². The van der Waals surface area contributed by atoms with Gasteiger partial charge in [-0.3, -0.25) is 5.32 Å². The monoisotopic (exact) mass is 235 g/mol. The molecule has 0 bridgehead atoms. The molecule has 0 saturated carbocycles. The predicted molar refractivity (Wildman–Crippen MR) is 60.6 cm³/mol. The van der Waals surface area contributed by atoms with Gasteiger partial charge in [0.25, 0.3) is 0 Å². The minimum Gasteiger partial charge on any atom is -0.480 e. The van der Waals surface area contributed by atoms with Crippen LogP contribution in [0.2, 0.25) is 0 Å². The SMILES string of the molecule is O=C(O)C1CCCN1C(=O)Nc1ccccn1. The Labute approximate surface area is 98.3 Å². The lowest BCUT2D eigenvalue weighted by atomic mass is 10.2. The van der Waals surface area contributed by atoms with E-state index in [2.05, 4.69) is 10.3 Å². The van der Waals surface area contributed by atoms with Gasteiger partial charge < -0.3 is 10.0 Å². The summed E-state index contributed by atoms with van der Waals surface area (Å²) >= 11 is 0. The number of hydrogen-bond acceptors (Lipinski definition) is 3. The first-order chi connectivity index (χ1) is 8.18. The highest BCUT2D eigenvalue weighted by atomic mass is 16.4. The standard InChI is InChI=1S/C11H13N3O3/c15-10(16)8-4-3-7-14(8)11(17)13-9-5-1-2-6-12-9/h1-2,5-6,8H,3-4,7H2,(H,15,16)(H,12,13,17). The number of carboxylic acids is 1. The van der Waals surface area contributed by atoms with E-state index >= 15 is 0 Å². The lowest BCUT2D eigenvalue weighted by Crippen LogP contribution is -2.42. The number of nitrogens with zero attached hydrogens (tertiary/aromatic N) is 2. The van der Waals surface area contributed by atoms with Crippen LogP contribution in [-0.4, -0.2) is 39.6 Å². The maximum absolute atomic E-state index is 11.8. The van der Waals surface area contributed by atoms with Gasteiger partial charge in [0.1, 0.15) is 11.9 Å². The predicted octanol–water partition coefficient (Wildman–Crippen LogP) is 1.16. The number of aromatic nitrogens is 1. The van der Waals surface area contributed by atoms with Crippen molar-refractivity contribution >= 4 is 17.8 Å². The maximum atomic E-state index is 11.8. The molecule has 2 N–H and O–H groups in total. The number of anilines is 1. The van der Waals surface area contributed by atoms with Crippen LogP contribution in [0.15, 0.2) is 24.4 Å². The van der Waals surface area contributed by atoms with Crippen molar-refractivity contribution in [3.63, 3.8) is 0 Å². The third-order valence-electron chi connectivity index (χ3n) is 2.70. The van der Waals surface area contributed by atoms with Crippen molar-refractivity contribution in [2.24, 2.45) is 0 Å². The first-order valence-electron chi connectivity index (χ1n) is 5.40. The zero-order valence-electron chi connectivity index (χ0n) is 9.17. The van der Waals surface area contributed by atoms with Crippen molar-refractivity contribution in [1.29, 1.82) is 0 Å². The Balaban J connectivity index is 2.03. The molecule has 1 fully saturated rings. The molecule has 90 valence electrons. The highest BCUT2D eigenvalue weighted by molar-refractivity contribution is 5.91. The molecule has 1 aliphatic rings. The number of nitrogens with one attached hydrogen (secondary N) is 1. The van der Waals surface area contributed by atoms with Crippen LogP contribution in [0.5, 0.6) is 0 Å². The molecule has 1 aromatic heterocycles. The molecule has 0 radical (unpaired) electrons. The molecule has 1 unspecified atom stereocenters. The highest BCUT2D eigenvalue weighted by Crippen LogP contribution is 2.18. The fourth-order valence-corrected chi connectivity index (χ4v) is 1.88. The van der Waals surface area contributed by atoms with E-state index in [4.69, 9.17) is 5.11 Å². The van der Waals surface area contributed by atoms with Crippen molar-refractivity contribution in [3.8, 4) is 0 Å². The fraction of sp³-hybridized carbons (Fsp3) is 0.364. The number of likely N-dealkylation sites (tertiary alicyclic amines) is 1. The van der Waals surface area contributed by atoms with Gasteiger partial charge in [0.15, 0.2) is 0 Å². The molecule has 2 amide bonds. The lowest BCUT2D eigenvalue weighted by Gasteiger charge is -2.21.